The Kier molecular flexibility index (Phi) is 3.27. The van der Waals surface area contributed by atoms with Crippen molar-refractivity contribution in [2.45, 2.75) is 24.9 Å². The molecule has 0 amide bonds. The van der Waals surface area contributed by atoms with Gasteiger partial charge in [0, 0.05) is 11.3 Å². The lowest BCUT2D eigenvalue weighted by atomic mass is 9.99. The molecule has 0 bridgehead atoms. The molecule has 2 N–H and O–H groups in total. The van der Waals surface area contributed by atoms with Gasteiger partial charge in [-0.3, -0.25) is 0 Å². The molecule has 0 radical (unpaired) electrons. The molecule has 1 nitrogen and oxygen atoms in total. The molecule has 0 aromatic heterocycles. The van der Waals surface area contributed by atoms with Crippen molar-refractivity contribution in [3.05, 3.63) is 29.3 Å². The first-order valence-corrected chi connectivity index (χ1v) is 4.60. The van der Waals surface area contributed by atoms with E-state index in [4.69, 9.17) is 5.73 Å². The van der Waals surface area contributed by atoms with E-state index in [1.54, 1.807) is 0 Å². The zero-order chi connectivity index (χ0) is 14.4. The number of hydrogen-bond donors (Lipinski definition) is 1. The van der Waals surface area contributed by atoms with Gasteiger partial charge in [-0.25, -0.2) is 0 Å². The number of benzene rings is 1. The number of alkyl halides is 7. The lowest BCUT2D eigenvalue weighted by molar-refractivity contribution is -0.359. The molecule has 0 aliphatic rings. The minimum absolute atomic E-state index is 0.00912. The van der Waals surface area contributed by atoms with Crippen LogP contribution in [0.2, 0.25) is 0 Å². The quantitative estimate of drug-likeness (QED) is 0.643. The Morgan fingerprint density at radius 3 is 1.83 bits per heavy atom. The number of nitrogen functional groups attached to an aromatic ring is 1. The Morgan fingerprint density at radius 2 is 1.44 bits per heavy atom. The van der Waals surface area contributed by atoms with E-state index in [-0.39, 0.29) is 11.3 Å². The van der Waals surface area contributed by atoms with Crippen LogP contribution in [0, 0.1) is 6.92 Å². The third-order valence-electron chi connectivity index (χ3n) is 2.38. The zero-order valence-electron chi connectivity index (χ0n) is 8.96. The highest BCUT2D eigenvalue weighted by Crippen LogP contribution is 2.51. The Morgan fingerprint density at radius 1 is 0.944 bits per heavy atom. The van der Waals surface area contributed by atoms with E-state index < -0.39 is 23.6 Å². The van der Waals surface area contributed by atoms with Gasteiger partial charge in [0.05, 0.1) is 0 Å². The van der Waals surface area contributed by atoms with Gasteiger partial charge in [0.1, 0.15) is 0 Å². The van der Waals surface area contributed by atoms with E-state index in [0.717, 1.165) is 6.07 Å². The third-order valence-corrected chi connectivity index (χ3v) is 2.38. The summed E-state index contributed by atoms with van der Waals surface area (Å²) >= 11 is 0. The highest BCUT2D eigenvalue weighted by Gasteiger charge is 2.73. The van der Waals surface area contributed by atoms with Crippen LogP contribution in [0.1, 0.15) is 11.1 Å². The fourth-order valence-electron chi connectivity index (χ4n) is 1.23. The van der Waals surface area contributed by atoms with Crippen molar-refractivity contribution in [2.24, 2.45) is 0 Å². The molecule has 18 heavy (non-hydrogen) atoms. The number of aryl methyl sites for hydroxylation is 1. The molecule has 0 saturated heterocycles. The van der Waals surface area contributed by atoms with Crippen LogP contribution in [-0.2, 0) is 5.92 Å². The van der Waals surface area contributed by atoms with Crippen LogP contribution in [-0.4, -0.2) is 12.1 Å². The fraction of sp³-hybridized carbons (Fsp3) is 0.400. The van der Waals surface area contributed by atoms with Gasteiger partial charge in [0.15, 0.2) is 0 Å². The molecule has 102 valence electrons. The fourth-order valence-corrected chi connectivity index (χ4v) is 1.23. The second-order valence-corrected chi connectivity index (χ2v) is 3.72. The first-order valence-electron chi connectivity index (χ1n) is 4.60. The summed E-state index contributed by atoms with van der Waals surface area (Å²) < 4.78 is 87.7. The molecule has 0 fully saturated rings. The molecule has 1 aromatic rings. The Labute approximate surface area is 97.4 Å². The summed E-state index contributed by atoms with van der Waals surface area (Å²) in [5.41, 5.74) is 3.85. The second-order valence-electron chi connectivity index (χ2n) is 3.72. The Balaban J connectivity index is 3.33. The number of halogens is 7. The summed E-state index contributed by atoms with van der Waals surface area (Å²) in [6, 6.07) is 1.81. The number of anilines is 1. The van der Waals surface area contributed by atoms with Crippen LogP contribution in [0.3, 0.4) is 0 Å². The van der Waals surface area contributed by atoms with Gasteiger partial charge >= 0.3 is 18.0 Å². The summed E-state index contributed by atoms with van der Waals surface area (Å²) in [6.07, 6.45) is -6.34. The molecule has 0 saturated carbocycles. The van der Waals surface area contributed by atoms with E-state index in [0.29, 0.717) is 12.1 Å². The second kappa shape index (κ2) is 4.03. The van der Waals surface area contributed by atoms with Gasteiger partial charge in [0.25, 0.3) is 0 Å². The van der Waals surface area contributed by atoms with Gasteiger partial charge in [0.2, 0.25) is 0 Å². The smallest absolute Gasteiger partial charge is 0.399 e. The maximum Gasteiger partial charge on any atom is 0.460 e. The van der Waals surface area contributed by atoms with Crippen molar-refractivity contribution < 1.29 is 30.7 Å². The van der Waals surface area contributed by atoms with Crippen molar-refractivity contribution in [2.75, 3.05) is 5.73 Å². The Bertz CT molecular complexity index is 450. The molecule has 0 spiro atoms. The first kappa shape index (κ1) is 14.6. The van der Waals surface area contributed by atoms with Gasteiger partial charge in [-0.05, 0) is 24.6 Å². The van der Waals surface area contributed by atoms with E-state index in [1.165, 1.54) is 6.92 Å². The van der Waals surface area contributed by atoms with Crippen molar-refractivity contribution in [3.8, 4) is 0 Å². The van der Waals surface area contributed by atoms with Crippen molar-refractivity contribution in [1.82, 2.24) is 0 Å². The molecule has 0 aliphatic carbocycles. The minimum atomic E-state index is -6.34. The minimum Gasteiger partial charge on any atom is -0.399 e. The van der Waals surface area contributed by atoms with Crippen LogP contribution in [0.25, 0.3) is 0 Å². The molecule has 0 unspecified atom stereocenters. The van der Waals surface area contributed by atoms with Crippen LogP contribution >= 0.6 is 0 Å². The average molecular weight is 275 g/mol. The topological polar surface area (TPSA) is 26.0 Å². The van der Waals surface area contributed by atoms with E-state index >= 15 is 0 Å². The van der Waals surface area contributed by atoms with Crippen LogP contribution in [0.15, 0.2) is 18.2 Å². The number of hydrogen-bond acceptors (Lipinski definition) is 1. The molecule has 1 aromatic carbocycles. The molecular formula is C10H8F7N. The standard InChI is InChI=1S/C10H8F7N/c1-5-4-6(2-3-7(5)18)8(11,12)9(13,14)10(15,16)17/h2-4H,18H2,1H3. The maximum atomic E-state index is 13.2. The van der Waals surface area contributed by atoms with Crippen molar-refractivity contribution in [1.29, 1.82) is 0 Å². The molecular weight excluding hydrogens is 267 g/mol. The summed E-state index contributed by atoms with van der Waals surface area (Å²) in [6.45, 7) is 1.22. The van der Waals surface area contributed by atoms with Crippen molar-refractivity contribution >= 4 is 5.69 Å². The van der Waals surface area contributed by atoms with Gasteiger partial charge < -0.3 is 5.73 Å². The molecule has 0 aliphatic heterocycles. The summed E-state index contributed by atoms with van der Waals surface area (Å²) in [4.78, 5) is 0. The van der Waals surface area contributed by atoms with Crippen molar-refractivity contribution in [3.63, 3.8) is 0 Å². The van der Waals surface area contributed by atoms with E-state index in [2.05, 4.69) is 0 Å². The average Bonchev–Trinajstić information content (AvgIpc) is 2.20. The first-order chi connectivity index (χ1) is 7.91. The van der Waals surface area contributed by atoms with Crippen LogP contribution in [0.4, 0.5) is 36.4 Å². The van der Waals surface area contributed by atoms with Crippen LogP contribution < -0.4 is 5.73 Å². The monoisotopic (exact) mass is 275 g/mol. The van der Waals surface area contributed by atoms with E-state index in [1.807, 2.05) is 0 Å². The lowest BCUT2D eigenvalue weighted by Crippen LogP contribution is -2.50. The summed E-state index contributed by atoms with van der Waals surface area (Å²) in [5.74, 6) is -11.5. The highest BCUT2D eigenvalue weighted by molar-refractivity contribution is 5.48. The molecule has 1 rings (SSSR count). The summed E-state index contributed by atoms with van der Waals surface area (Å²) in [7, 11) is 0. The third kappa shape index (κ3) is 2.11. The van der Waals surface area contributed by atoms with Crippen LogP contribution in [0.5, 0.6) is 0 Å². The predicted octanol–water partition coefficient (Wildman–Crippen LogP) is 3.87. The lowest BCUT2D eigenvalue weighted by Gasteiger charge is -2.28. The maximum absolute atomic E-state index is 13.2. The Hall–Kier alpha value is -1.47. The van der Waals surface area contributed by atoms with Gasteiger partial charge in [-0.15, -0.1) is 0 Å². The largest absolute Gasteiger partial charge is 0.460 e. The molecule has 8 heteroatoms. The predicted molar refractivity (Wildman–Crippen MR) is 50.5 cm³/mol. The number of rotatable bonds is 2. The zero-order valence-corrected chi connectivity index (χ0v) is 8.96. The highest BCUT2D eigenvalue weighted by atomic mass is 19.4. The molecule has 0 heterocycles. The normalized spacial score (nSPS) is 13.8. The number of nitrogens with two attached hydrogens (primary N) is 1. The SMILES string of the molecule is Cc1cc(C(F)(F)C(F)(F)C(F)(F)F)ccc1N. The molecule has 0 atom stereocenters. The summed E-state index contributed by atoms with van der Waals surface area (Å²) in [5, 5.41) is 0. The van der Waals surface area contributed by atoms with Gasteiger partial charge in [-0.1, -0.05) is 6.07 Å². The van der Waals surface area contributed by atoms with E-state index in [9.17, 15) is 30.7 Å². The van der Waals surface area contributed by atoms with Gasteiger partial charge in [-0.2, -0.15) is 30.7 Å².